The molecule has 1 atom stereocenters. The van der Waals surface area contributed by atoms with E-state index in [-0.39, 0.29) is 18.4 Å². The van der Waals surface area contributed by atoms with Gasteiger partial charge in [0.1, 0.15) is 12.6 Å². The van der Waals surface area contributed by atoms with Gasteiger partial charge in [-0.05, 0) is 36.8 Å². The number of nitrogens with one attached hydrogen (secondary N) is 3. The first-order chi connectivity index (χ1) is 13.3. The SMILES string of the molecule is CC(C)[C@H](NC(=O)Nc1ccccc1Cl)C(=O)N(CC(=O)NO)CC1CCC1. The Labute approximate surface area is 169 Å². The number of amides is 4. The molecule has 0 aliphatic heterocycles. The Morgan fingerprint density at radius 2 is 1.93 bits per heavy atom. The van der Waals surface area contributed by atoms with Crippen molar-refractivity contribution < 1.29 is 19.6 Å². The van der Waals surface area contributed by atoms with E-state index in [1.54, 1.807) is 29.7 Å². The molecule has 0 aromatic heterocycles. The number of para-hydroxylation sites is 1. The van der Waals surface area contributed by atoms with Crippen molar-refractivity contribution in [3.05, 3.63) is 29.3 Å². The van der Waals surface area contributed by atoms with Crippen molar-refractivity contribution in [1.29, 1.82) is 0 Å². The minimum atomic E-state index is -0.825. The van der Waals surface area contributed by atoms with Crippen LogP contribution < -0.4 is 16.1 Å². The molecule has 1 aromatic carbocycles. The van der Waals surface area contributed by atoms with Gasteiger partial charge in [-0.3, -0.25) is 14.8 Å². The number of hydrogen-bond donors (Lipinski definition) is 4. The molecule has 0 unspecified atom stereocenters. The third kappa shape index (κ3) is 6.10. The smallest absolute Gasteiger partial charge is 0.319 e. The average Bonchev–Trinajstić information content (AvgIpc) is 2.62. The zero-order valence-electron chi connectivity index (χ0n) is 16.1. The van der Waals surface area contributed by atoms with Gasteiger partial charge < -0.3 is 15.5 Å². The molecule has 0 spiro atoms. The first kappa shape index (κ1) is 22.0. The highest BCUT2D eigenvalue weighted by molar-refractivity contribution is 6.33. The fourth-order valence-electron chi connectivity index (χ4n) is 3.00. The lowest BCUT2D eigenvalue weighted by molar-refractivity contribution is -0.142. The lowest BCUT2D eigenvalue weighted by atomic mass is 9.85. The van der Waals surface area contributed by atoms with Crippen LogP contribution in [0.4, 0.5) is 10.5 Å². The summed E-state index contributed by atoms with van der Waals surface area (Å²) < 4.78 is 0. The van der Waals surface area contributed by atoms with Gasteiger partial charge in [0.2, 0.25) is 5.91 Å². The Hall–Kier alpha value is -2.32. The molecule has 28 heavy (non-hydrogen) atoms. The van der Waals surface area contributed by atoms with E-state index >= 15 is 0 Å². The number of halogens is 1. The molecule has 154 valence electrons. The van der Waals surface area contributed by atoms with Crippen LogP contribution >= 0.6 is 11.6 Å². The molecule has 1 fully saturated rings. The summed E-state index contributed by atoms with van der Waals surface area (Å²) in [5.41, 5.74) is 1.99. The molecule has 2 rings (SSSR count). The number of nitrogens with zero attached hydrogens (tertiary/aromatic N) is 1. The van der Waals surface area contributed by atoms with E-state index in [1.807, 2.05) is 13.8 Å². The first-order valence-electron chi connectivity index (χ1n) is 9.35. The third-order valence-electron chi connectivity index (χ3n) is 4.82. The number of hydroxylamine groups is 1. The second-order valence-corrected chi connectivity index (χ2v) is 7.76. The standard InChI is InChI=1S/C19H27ClN4O4/c1-12(2)17(22-19(27)21-15-9-4-3-8-14(15)20)18(26)24(11-16(25)23-28)10-13-6-5-7-13/h3-4,8-9,12-13,17,28H,5-7,10-11H2,1-2H3,(H,23,25)(H2,21,22,27)/t17-/m0/s1. The van der Waals surface area contributed by atoms with E-state index in [2.05, 4.69) is 10.6 Å². The molecule has 0 heterocycles. The fourth-order valence-corrected chi connectivity index (χ4v) is 3.18. The number of rotatable bonds is 8. The molecule has 9 heteroatoms. The topological polar surface area (TPSA) is 111 Å². The predicted octanol–water partition coefficient (Wildman–Crippen LogP) is 2.62. The molecule has 0 radical (unpaired) electrons. The van der Waals surface area contributed by atoms with Gasteiger partial charge >= 0.3 is 6.03 Å². The Bertz CT molecular complexity index is 709. The van der Waals surface area contributed by atoms with Crippen LogP contribution in [0.5, 0.6) is 0 Å². The van der Waals surface area contributed by atoms with Gasteiger partial charge in [0.15, 0.2) is 0 Å². The second kappa shape index (κ2) is 10.3. The highest BCUT2D eigenvalue weighted by atomic mass is 35.5. The molecule has 0 saturated heterocycles. The van der Waals surface area contributed by atoms with Gasteiger partial charge in [0, 0.05) is 6.54 Å². The number of urea groups is 1. The summed E-state index contributed by atoms with van der Waals surface area (Å²) in [6, 6.07) is 5.40. The molecule has 4 amide bonds. The molecule has 1 saturated carbocycles. The minimum absolute atomic E-state index is 0.203. The summed E-state index contributed by atoms with van der Waals surface area (Å²) in [6.07, 6.45) is 3.10. The molecule has 4 N–H and O–H groups in total. The molecule has 1 aliphatic rings. The molecular formula is C19H27ClN4O4. The van der Waals surface area contributed by atoms with Crippen molar-refractivity contribution in [2.45, 2.75) is 39.2 Å². The molecule has 1 aromatic rings. The normalized spacial score (nSPS) is 14.8. The Balaban J connectivity index is 2.07. The van der Waals surface area contributed by atoms with Gasteiger partial charge in [-0.15, -0.1) is 0 Å². The van der Waals surface area contributed by atoms with Crippen molar-refractivity contribution in [2.75, 3.05) is 18.4 Å². The van der Waals surface area contributed by atoms with Gasteiger partial charge in [-0.2, -0.15) is 0 Å². The van der Waals surface area contributed by atoms with Crippen LogP contribution in [-0.2, 0) is 9.59 Å². The maximum absolute atomic E-state index is 13.1. The number of carbonyl (C=O) groups is 3. The second-order valence-electron chi connectivity index (χ2n) is 7.35. The lowest BCUT2D eigenvalue weighted by Crippen LogP contribution is -2.55. The van der Waals surface area contributed by atoms with E-state index in [9.17, 15) is 14.4 Å². The summed E-state index contributed by atoms with van der Waals surface area (Å²) in [5.74, 6) is -0.902. The molecule has 1 aliphatic carbocycles. The molecule has 8 nitrogen and oxygen atoms in total. The monoisotopic (exact) mass is 410 g/mol. The maximum atomic E-state index is 13.1. The van der Waals surface area contributed by atoms with Crippen molar-refractivity contribution in [1.82, 2.24) is 15.7 Å². The summed E-state index contributed by atoms with van der Waals surface area (Å²) in [7, 11) is 0. The third-order valence-corrected chi connectivity index (χ3v) is 5.15. The predicted molar refractivity (Wildman–Crippen MR) is 106 cm³/mol. The number of carbonyl (C=O) groups excluding carboxylic acids is 3. The van der Waals surface area contributed by atoms with Crippen molar-refractivity contribution in [3.8, 4) is 0 Å². The fraction of sp³-hybridized carbons (Fsp3) is 0.526. The highest BCUT2D eigenvalue weighted by Crippen LogP contribution is 2.27. The van der Waals surface area contributed by atoms with Crippen LogP contribution in [-0.4, -0.2) is 47.1 Å². The van der Waals surface area contributed by atoms with Crippen LogP contribution in [0.3, 0.4) is 0 Å². The summed E-state index contributed by atoms with van der Waals surface area (Å²) in [5, 5.41) is 14.5. The summed E-state index contributed by atoms with van der Waals surface area (Å²) in [6.45, 7) is 3.78. The van der Waals surface area contributed by atoms with Gasteiger partial charge in [-0.1, -0.05) is 44.0 Å². The van der Waals surface area contributed by atoms with Crippen LogP contribution in [0.15, 0.2) is 24.3 Å². The number of benzene rings is 1. The van der Waals surface area contributed by atoms with Crippen LogP contribution in [0, 0.1) is 11.8 Å². The lowest BCUT2D eigenvalue weighted by Gasteiger charge is -2.35. The van der Waals surface area contributed by atoms with Crippen LogP contribution in [0.1, 0.15) is 33.1 Å². The largest absolute Gasteiger partial charge is 0.331 e. The van der Waals surface area contributed by atoms with E-state index in [4.69, 9.17) is 16.8 Å². The van der Waals surface area contributed by atoms with Crippen LogP contribution in [0.25, 0.3) is 0 Å². The van der Waals surface area contributed by atoms with E-state index in [1.165, 1.54) is 4.90 Å². The van der Waals surface area contributed by atoms with E-state index in [0.717, 1.165) is 19.3 Å². The highest BCUT2D eigenvalue weighted by Gasteiger charge is 2.32. The summed E-state index contributed by atoms with van der Waals surface area (Å²) >= 11 is 6.05. The molecule has 0 bridgehead atoms. The van der Waals surface area contributed by atoms with E-state index < -0.39 is 18.0 Å². The van der Waals surface area contributed by atoms with Crippen molar-refractivity contribution >= 4 is 35.1 Å². The maximum Gasteiger partial charge on any atom is 0.319 e. The van der Waals surface area contributed by atoms with Crippen molar-refractivity contribution in [3.63, 3.8) is 0 Å². The quantitative estimate of drug-likeness (QED) is 0.390. The number of hydrogen-bond acceptors (Lipinski definition) is 4. The Morgan fingerprint density at radius 3 is 2.46 bits per heavy atom. The minimum Gasteiger partial charge on any atom is -0.331 e. The van der Waals surface area contributed by atoms with Crippen molar-refractivity contribution in [2.24, 2.45) is 11.8 Å². The number of anilines is 1. The van der Waals surface area contributed by atoms with Crippen LogP contribution in [0.2, 0.25) is 5.02 Å². The van der Waals surface area contributed by atoms with E-state index in [0.29, 0.717) is 23.2 Å². The summed E-state index contributed by atoms with van der Waals surface area (Å²) in [4.78, 5) is 38.5. The van der Waals surface area contributed by atoms with Gasteiger partial charge in [0.25, 0.3) is 5.91 Å². The Kier molecular flexibility index (Phi) is 8.07. The zero-order chi connectivity index (χ0) is 20.7. The Morgan fingerprint density at radius 1 is 1.25 bits per heavy atom. The van der Waals surface area contributed by atoms with Gasteiger partial charge in [0.05, 0.1) is 10.7 Å². The average molecular weight is 411 g/mol. The van der Waals surface area contributed by atoms with Gasteiger partial charge in [-0.25, -0.2) is 10.3 Å². The first-order valence-corrected chi connectivity index (χ1v) is 9.73. The zero-order valence-corrected chi connectivity index (χ0v) is 16.8. The molecular weight excluding hydrogens is 384 g/mol.